The summed E-state index contributed by atoms with van der Waals surface area (Å²) in [4.78, 5) is 0. The van der Waals surface area contributed by atoms with Crippen LogP contribution >= 0.6 is 0 Å². The number of sulfonamides is 2. The topological polar surface area (TPSA) is 83.6 Å². The Morgan fingerprint density at radius 1 is 1.05 bits per heavy atom. The maximum absolute atomic E-state index is 12.4. The predicted molar refractivity (Wildman–Crippen MR) is 83.0 cm³/mol. The lowest BCUT2D eigenvalue weighted by atomic mass is 10.2. The lowest BCUT2D eigenvalue weighted by Crippen LogP contribution is -2.50. The molecule has 6 nitrogen and oxygen atoms in total. The summed E-state index contributed by atoms with van der Waals surface area (Å²) in [5, 5.41) is -0.613. The van der Waals surface area contributed by atoms with E-state index in [1.165, 1.54) is 4.31 Å². The highest BCUT2D eigenvalue weighted by Gasteiger charge is 2.36. The molecule has 0 aromatic rings. The first-order valence-electron chi connectivity index (χ1n) is 7.84. The Morgan fingerprint density at radius 2 is 1.71 bits per heavy atom. The Morgan fingerprint density at radius 3 is 2.33 bits per heavy atom. The van der Waals surface area contributed by atoms with Gasteiger partial charge in [0, 0.05) is 19.1 Å². The van der Waals surface area contributed by atoms with Gasteiger partial charge in [-0.25, -0.2) is 25.9 Å². The van der Waals surface area contributed by atoms with Gasteiger partial charge < -0.3 is 0 Å². The van der Waals surface area contributed by atoms with Crippen LogP contribution in [0.1, 0.15) is 51.9 Å². The van der Waals surface area contributed by atoms with Crippen LogP contribution in [0, 0.1) is 0 Å². The summed E-state index contributed by atoms with van der Waals surface area (Å²) < 4.78 is 53.2. The van der Waals surface area contributed by atoms with Crippen LogP contribution in [-0.2, 0) is 20.0 Å². The van der Waals surface area contributed by atoms with Gasteiger partial charge in [-0.3, -0.25) is 0 Å². The van der Waals surface area contributed by atoms with Crippen LogP contribution in [0.2, 0.25) is 0 Å². The summed E-state index contributed by atoms with van der Waals surface area (Å²) >= 11 is 0. The second kappa shape index (κ2) is 6.93. The summed E-state index contributed by atoms with van der Waals surface area (Å²) in [5.74, 6) is 0.0931. The number of hydrogen-bond acceptors (Lipinski definition) is 4. The maximum atomic E-state index is 12.4. The SMILES string of the molecule is CCCS(=O)(=O)N1CCCC(S(=O)(=O)NC2CCCC2)C1. The molecular formula is C13H26N2O4S2. The number of piperidine rings is 1. The minimum atomic E-state index is -3.43. The highest BCUT2D eigenvalue weighted by molar-refractivity contribution is 7.90. The molecule has 0 spiro atoms. The molecular weight excluding hydrogens is 312 g/mol. The van der Waals surface area contributed by atoms with Crippen LogP contribution in [0.4, 0.5) is 0 Å². The van der Waals surface area contributed by atoms with Gasteiger partial charge in [-0.2, -0.15) is 0 Å². The standard InChI is InChI=1S/C13H26N2O4S2/c1-2-10-20(16,17)15-9-5-8-13(11-15)21(18,19)14-12-6-3-4-7-12/h12-14H,2-11H2,1H3. The molecule has 21 heavy (non-hydrogen) atoms. The van der Waals surface area contributed by atoms with Crippen molar-refractivity contribution in [3.05, 3.63) is 0 Å². The molecule has 124 valence electrons. The largest absolute Gasteiger partial charge is 0.216 e. The van der Waals surface area contributed by atoms with E-state index in [2.05, 4.69) is 4.72 Å². The average molecular weight is 338 g/mol. The molecule has 1 aliphatic heterocycles. The summed E-state index contributed by atoms with van der Waals surface area (Å²) in [6.45, 7) is 2.36. The first kappa shape index (κ1) is 17.2. The van der Waals surface area contributed by atoms with E-state index < -0.39 is 25.3 Å². The fourth-order valence-corrected chi connectivity index (χ4v) is 6.60. The molecule has 0 amide bonds. The molecule has 1 unspecified atom stereocenters. The van der Waals surface area contributed by atoms with Crippen LogP contribution in [0.3, 0.4) is 0 Å². The van der Waals surface area contributed by atoms with E-state index in [1.807, 2.05) is 6.92 Å². The van der Waals surface area contributed by atoms with Gasteiger partial charge >= 0.3 is 0 Å². The van der Waals surface area contributed by atoms with Gasteiger partial charge in [0.05, 0.1) is 11.0 Å². The van der Waals surface area contributed by atoms with Crippen molar-refractivity contribution in [2.24, 2.45) is 0 Å². The summed E-state index contributed by atoms with van der Waals surface area (Å²) in [6.07, 6.45) is 5.62. The Labute approximate surface area is 128 Å². The molecule has 0 aromatic carbocycles. The zero-order valence-corrected chi connectivity index (χ0v) is 14.3. The van der Waals surface area contributed by atoms with Gasteiger partial charge in [-0.15, -0.1) is 0 Å². The van der Waals surface area contributed by atoms with E-state index in [0.29, 0.717) is 25.8 Å². The number of nitrogens with zero attached hydrogens (tertiary/aromatic N) is 1. The molecule has 1 saturated carbocycles. The van der Waals surface area contributed by atoms with Crippen LogP contribution in [0.15, 0.2) is 0 Å². The molecule has 2 aliphatic rings. The minimum Gasteiger partial charge on any atom is -0.212 e. The maximum Gasteiger partial charge on any atom is 0.216 e. The predicted octanol–water partition coefficient (Wildman–Crippen LogP) is 1.05. The van der Waals surface area contributed by atoms with Crippen molar-refractivity contribution in [1.29, 1.82) is 0 Å². The highest BCUT2D eigenvalue weighted by Crippen LogP contribution is 2.23. The Bertz CT molecular complexity index is 539. The Hall–Kier alpha value is -0.180. The van der Waals surface area contributed by atoms with Crippen LogP contribution < -0.4 is 4.72 Å². The molecule has 1 saturated heterocycles. The number of rotatable bonds is 6. The Kier molecular flexibility index (Phi) is 5.67. The van der Waals surface area contributed by atoms with Gasteiger partial charge in [0.15, 0.2) is 0 Å². The molecule has 1 heterocycles. The average Bonchev–Trinajstić information content (AvgIpc) is 2.91. The van der Waals surface area contributed by atoms with E-state index in [0.717, 1.165) is 25.7 Å². The summed E-state index contributed by atoms with van der Waals surface area (Å²) in [5.41, 5.74) is 0. The van der Waals surface area contributed by atoms with Crippen molar-refractivity contribution >= 4 is 20.0 Å². The van der Waals surface area contributed by atoms with E-state index in [-0.39, 0.29) is 18.3 Å². The molecule has 8 heteroatoms. The third-order valence-corrected chi connectivity index (χ3v) is 8.29. The zero-order chi connectivity index (χ0) is 15.5. The van der Waals surface area contributed by atoms with Crippen LogP contribution in [0.25, 0.3) is 0 Å². The first-order chi connectivity index (χ1) is 9.85. The summed E-state index contributed by atoms with van der Waals surface area (Å²) in [7, 11) is -6.74. The fraction of sp³-hybridized carbons (Fsp3) is 1.00. The first-order valence-corrected chi connectivity index (χ1v) is 11.0. The van der Waals surface area contributed by atoms with Crippen LogP contribution in [0.5, 0.6) is 0 Å². The highest BCUT2D eigenvalue weighted by atomic mass is 32.2. The third kappa shape index (κ3) is 4.40. The normalized spacial score (nSPS) is 26.2. The lowest BCUT2D eigenvalue weighted by molar-refractivity contribution is 0.343. The smallest absolute Gasteiger partial charge is 0.212 e. The van der Waals surface area contributed by atoms with Gasteiger partial charge in [-0.05, 0) is 32.1 Å². The quantitative estimate of drug-likeness (QED) is 0.785. The minimum absolute atomic E-state index is 0.0395. The molecule has 0 aromatic heterocycles. The summed E-state index contributed by atoms with van der Waals surface area (Å²) in [6, 6.07) is 0.0395. The fourth-order valence-electron chi connectivity index (χ4n) is 3.17. The number of nitrogens with one attached hydrogen (secondary N) is 1. The molecule has 1 N–H and O–H groups in total. The van der Waals surface area contributed by atoms with Crippen molar-refractivity contribution in [2.45, 2.75) is 63.2 Å². The molecule has 2 fully saturated rings. The molecule has 1 aliphatic carbocycles. The second-order valence-corrected chi connectivity index (χ2v) is 10.2. The molecule has 2 rings (SSSR count). The van der Waals surface area contributed by atoms with E-state index in [9.17, 15) is 16.8 Å². The van der Waals surface area contributed by atoms with Crippen molar-refractivity contribution in [3.8, 4) is 0 Å². The van der Waals surface area contributed by atoms with Crippen molar-refractivity contribution < 1.29 is 16.8 Å². The van der Waals surface area contributed by atoms with Crippen molar-refractivity contribution in [2.75, 3.05) is 18.8 Å². The zero-order valence-electron chi connectivity index (χ0n) is 12.6. The number of hydrogen-bond donors (Lipinski definition) is 1. The van der Waals surface area contributed by atoms with Gasteiger partial charge in [0.1, 0.15) is 0 Å². The van der Waals surface area contributed by atoms with E-state index in [1.54, 1.807) is 0 Å². The lowest BCUT2D eigenvalue weighted by Gasteiger charge is -2.32. The van der Waals surface area contributed by atoms with E-state index >= 15 is 0 Å². The van der Waals surface area contributed by atoms with E-state index in [4.69, 9.17) is 0 Å². The van der Waals surface area contributed by atoms with Gasteiger partial charge in [0.2, 0.25) is 20.0 Å². The van der Waals surface area contributed by atoms with Crippen molar-refractivity contribution in [1.82, 2.24) is 9.03 Å². The van der Waals surface area contributed by atoms with Gasteiger partial charge in [-0.1, -0.05) is 19.8 Å². The third-order valence-electron chi connectivity index (χ3n) is 4.32. The van der Waals surface area contributed by atoms with Gasteiger partial charge in [0.25, 0.3) is 0 Å². The molecule has 0 bridgehead atoms. The monoisotopic (exact) mass is 338 g/mol. The van der Waals surface area contributed by atoms with Crippen LogP contribution in [-0.4, -0.2) is 51.3 Å². The molecule has 0 radical (unpaired) electrons. The second-order valence-electron chi connectivity index (χ2n) is 6.08. The molecule has 1 atom stereocenters. The Balaban J connectivity index is 2.02. The van der Waals surface area contributed by atoms with Crippen molar-refractivity contribution in [3.63, 3.8) is 0 Å².